The van der Waals surface area contributed by atoms with Gasteiger partial charge in [-0.3, -0.25) is 4.90 Å². The van der Waals surface area contributed by atoms with E-state index in [0.717, 1.165) is 55.9 Å². The number of piperazine rings is 1. The Morgan fingerprint density at radius 2 is 1.78 bits per heavy atom. The normalized spacial score (nSPS) is 15.2. The highest BCUT2D eigenvalue weighted by atomic mass is 16.5. The summed E-state index contributed by atoms with van der Waals surface area (Å²) in [6.45, 7) is 6.06. The third-order valence-corrected chi connectivity index (χ3v) is 4.96. The lowest BCUT2D eigenvalue weighted by Gasteiger charge is -2.36. The summed E-state index contributed by atoms with van der Waals surface area (Å²) >= 11 is 0. The van der Waals surface area contributed by atoms with Crippen LogP contribution < -0.4 is 10.2 Å². The van der Waals surface area contributed by atoms with Crippen molar-refractivity contribution in [1.82, 2.24) is 14.9 Å². The van der Waals surface area contributed by atoms with Crippen LogP contribution in [0.2, 0.25) is 0 Å². The van der Waals surface area contributed by atoms with Crippen LogP contribution in [0.5, 0.6) is 0 Å². The molecule has 1 N–H and O–H groups in total. The Morgan fingerprint density at radius 3 is 2.56 bits per heavy atom. The average molecular weight is 363 g/mol. The van der Waals surface area contributed by atoms with Crippen LogP contribution in [0.15, 0.2) is 54.7 Å². The molecule has 1 aromatic heterocycles. The molecule has 0 saturated carbocycles. The molecule has 1 aliphatic heterocycles. The molecule has 140 valence electrons. The van der Waals surface area contributed by atoms with Gasteiger partial charge < -0.3 is 15.0 Å². The molecule has 0 radical (unpaired) electrons. The van der Waals surface area contributed by atoms with Gasteiger partial charge in [0.15, 0.2) is 0 Å². The van der Waals surface area contributed by atoms with Gasteiger partial charge in [0.25, 0.3) is 0 Å². The minimum Gasteiger partial charge on any atom is -0.383 e. The number of benzene rings is 2. The highest BCUT2D eigenvalue weighted by Gasteiger charge is 2.16. The van der Waals surface area contributed by atoms with Crippen molar-refractivity contribution in [3.8, 4) is 0 Å². The molecule has 3 aromatic rings. The quantitative estimate of drug-likeness (QED) is 0.726. The molecule has 0 amide bonds. The van der Waals surface area contributed by atoms with Gasteiger partial charge in [-0.2, -0.15) is 0 Å². The first kappa shape index (κ1) is 17.7. The molecule has 1 aliphatic rings. The summed E-state index contributed by atoms with van der Waals surface area (Å²) in [4.78, 5) is 13.8. The molecule has 2 aromatic carbocycles. The average Bonchev–Trinajstić information content (AvgIpc) is 2.73. The van der Waals surface area contributed by atoms with Crippen LogP contribution in [0.25, 0.3) is 10.9 Å². The Bertz CT molecular complexity index is 875. The highest BCUT2D eigenvalue weighted by molar-refractivity contribution is 5.78. The van der Waals surface area contributed by atoms with Crippen molar-refractivity contribution >= 4 is 28.2 Å². The smallest absolute Gasteiger partial charge is 0.227 e. The molecule has 0 spiro atoms. The lowest BCUT2D eigenvalue weighted by atomic mass is 10.2. The van der Waals surface area contributed by atoms with Crippen molar-refractivity contribution in [3.63, 3.8) is 0 Å². The summed E-state index contributed by atoms with van der Waals surface area (Å²) in [7, 11) is 1.76. The topological polar surface area (TPSA) is 53.5 Å². The molecule has 1 saturated heterocycles. The molecule has 6 heteroatoms. The number of para-hydroxylation sites is 1. The molecule has 27 heavy (non-hydrogen) atoms. The van der Waals surface area contributed by atoms with E-state index in [1.807, 2.05) is 30.5 Å². The Kier molecular flexibility index (Phi) is 5.46. The van der Waals surface area contributed by atoms with Gasteiger partial charge in [0.1, 0.15) is 0 Å². The van der Waals surface area contributed by atoms with Crippen LogP contribution in [0, 0.1) is 0 Å². The zero-order valence-corrected chi connectivity index (χ0v) is 15.6. The van der Waals surface area contributed by atoms with Crippen LogP contribution in [0.4, 0.5) is 17.3 Å². The molecule has 0 aliphatic carbocycles. The summed E-state index contributed by atoms with van der Waals surface area (Å²) in [6.07, 6.45) is 1.85. The fraction of sp³-hybridized carbons (Fsp3) is 0.333. The molecule has 0 bridgehead atoms. The number of fused-ring (bicyclic) bond motifs is 1. The van der Waals surface area contributed by atoms with Crippen LogP contribution in [-0.2, 0) is 4.74 Å². The number of ether oxygens (including phenoxy) is 1. The summed E-state index contributed by atoms with van der Waals surface area (Å²) in [6, 6.07) is 16.5. The number of anilines is 3. The molecule has 2 heterocycles. The van der Waals surface area contributed by atoms with Gasteiger partial charge in [0.05, 0.1) is 12.1 Å². The van der Waals surface area contributed by atoms with Gasteiger partial charge in [-0.05, 0) is 30.3 Å². The van der Waals surface area contributed by atoms with E-state index in [1.165, 1.54) is 5.69 Å². The van der Waals surface area contributed by atoms with Crippen molar-refractivity contribution in [2.45, 2.75) is 0 Å². The number of nitrogens with zero attached hydrogens (tertiary/aromatic N) is 4. The molecule has 0 atom stereocenters. The minimum absolute atomic E-state index is 0.619. The zero-order valence-electron chi connectivity index (χ0n) is 15.6. The predicted molar refractivity (Wildman–Crippen MR) is 110 cm³/mol. The van der Waals surface area contributed by atoms with Crippen molar-refractivity contribution in [1.29, 1.82) is 0 Å². The number of hydrogen-bond donors (Lipinski definition) is 1. The summed E-state index contributed by atoms with van der Waals surface area (Å²) in [5.41, 5.74) is 3.19. The van der Waals surface area contributed by atoms with Gasteiger partial charge in [0.2, 0.25) is 5.95 Å². The standard InChI is InChI=1S/C21H25N5O/c1-27-15-14-25-10-12-26(13-11-25)19-8-6-18(7-9-19)23-21-22-16-17-4-2-3-5-20(17)24-21/h2-9,16H,10-15H2,1H3,(H,22,23,24). The first-order valence-corrected chi connectivity index (χ1v) is 9.37. The maximum Gasteiger partial charge on any atom is 0.227 e. The van der Waals surface area contributed by atoms with E-state index in [1.54, 1.807) is 7.11 Å². The number of hydrogen-bond acceptors (Lipinski definition) is 6. The first-order valence-electron chi connectivity index (χ1n) is 9.37. The van der Waals surface area contributed by atoms with E-state index in [9.17, 15) is 0 Å². The maximum atomic E-state index is 5.17. The van der Waals surface area contributed by atoms with E-state index < -0.39 is 0 Å². The lowest BCUT2D eigenvalue weighted by Crippen LogP contribution is -2.47. The van der Waals surface area contributed by atoms with E-state index in [4.69, 9.17) is 4.74 Å². The SMILES string of the molecule is COCCN1CCN(c2ccc(Nc3ncc4ccccc4n3)cc2)CC1. The second-order valence-corrected chi connectivity index (χ2v) is 6.75. The van der Waals surface area contributed by atoms with E-state index in [-0.39, 0.29) is 0 Å². The number of nitrogens with one attached hydrogen (secondary N) is 1. The van der Waals surface area contributed by atoms with E-state index in [0.29, 0.717) is 5.95 Å². The lowest BCUT2D eigenvalue weighted by molar-refractivity contribution is 0.144. The van der Waals surface area contributed by atoms with E-state index >= 15 is 0 Å². The summed E-state index contributed by atoms with van der Waals surface area (Å²) in [5, 5.41) is 4.34. The summed E-state index contributed by atoms with van der Waals surface area (Å²) in [5.74, 6) is 0.619. The zero-order chi connectivity index (χ0) is 18.5. The largest absolute Gasteiger partial charge is 0.383 e. The van der Waals surface area contributed by atoms with Gasteiger partial charge in [-0.25, -0.2) is 9.97 Å². The maximum absolute atomic E-state index is 5.17. The minimum atomic E-state index is 0.619. The number of rotatable bonds is 6. The number of aromatic nitrogens is 2. The van der Waals surface area contributed by atoms with Crippen molar-refractivity contribution in [2.75, 3.05) is 56.7 Å². The molecule has 1 fully saturated rings. The van der Waals surface area contributed by atoms with E-state index in [2.05, 4.69) is 49.4 Å². The monoisotopic (exact) mass is 363 g/mol. The second kappa shape index (κ2) is 8.33. The first-order chi connectivity index (χ1) is 13.3. The van der Waals surface area contributed by atoms with Crippen LogP contribution in [-0.4, -0.2) is 61.3 Å². The van der Waals surface area contributed by atoms with Crippen LogP contribution >= 0.6 is 0 Å². The molecular formula is C21H25N5O. The Morgan fingerprint density at radius 1 is 1.00 bits per heavy atom. The molecular weight excluding hydrogens is 338 g/mol. The Balaban J connectivity index is 1.37. The Hall–Kier alpha value is -2.70. The third kappa shape index (κ3) is 4.35. The van der Waals surface area contributed by atoms with Crippen molar-refractivity contribution < 1.29 is 4.74 Å². The van der Waals surface area contributed by atoms with Gasteiger partial charge in [-0.1, -0.05) is 18.2 Å². The van der Waals surface area contributed by atoms with Crippen LogP contribution in [0.3, 0.4) is 0 Å². The van der Waals surface area contributed by atoms with Gasteiger partial charge in [0, 0.05) is 62.8 Å². The van der Waals surface area contributed by atoms with Crippen molar-refractivity contribution in [3.05, 3.63) is 54.7 Å². The third-order valence-electron chi connectivity index (χ3n) is 4.96. The Labute approximate surface area is 159 Å². The van der Waals surface area contributed by atoms with Crippen LogP contribution in [0.1, 0.15) is 0 Å². The molecule has 6 nitrogen and oxygen atoms in total. The van der Waals surface area contributed by atoms with Gasteiger partial charge in [-0.15, -0.1) is 0 Å². The molecule has 4 rings (SSSR count). The van der Waals surface area contributed by atoms with Gasteiger partial charge >= 0.3 is 0 Å². The highest BCUT2D eigenvalue weighted by Crippen LogP contribution is 2.22. The summed E-state index contributed by atoms with van der Waals surface area (Å²) < 4.78 is 5.17. The second-order valence-electron chi connectivity index (χ2n) is 6.75. The fourth-order valence-corrected chi connectivity index (χ4v) is 3.37. The number of methoxy groups -OCH3 is 1. The van der Waals surface area contributed by atoms with Crippen molar-refractivity contribution in [2.24, 2.45) is 0 Å². The predicted octanol–water partition coefficient (Wildman–Crippen LogP) is 3.14. The fourth-order valence-electron chi connectivity index (χ4n) is 3.37. The molecule has 0 unspecified atom stereocenters.